The van der Waals surface area contributed by atoms with Crippen molar-refractivity contribution in [2.45, 2.75) is 105 Å². The smallest absolute Gasteiger partial charge is 0.338 e. The lowest BCUT2D eigenvalue weighted by atomic mass is 9.42. The summed E-state index contributed by atoms with van der Waals surface area (Å²) in [4.78, 5) is 12.6. The molecule has 35 heavy (non-hydrogen) atoms. The van der Waals surface area contributed by atoms with Crippen LogP contribution >= 0.6 is 0 Å². The Morgan fingerprint density at radius 1 is 1.00 bits per heavy atom. The van der Waals surface area contributed by atoms with E-state index in [1.165, 1.54) is 6.92 Å². The van der Waals surface area contributed by atoms with Crippen LogP contribution in [0, 0.1) is 16.7 Å². The van der Waals surface area contributed by atoms with Crippen molar-refractivity contribution in [3.05, 3.63) is 24.2 Å². The van der Waals surface area contributed by atoms with Crippen LogP contribution in [0.15, 0.2) is 23.0 Å². The topological polar surface area (TPSA) is 162 Å². The Morgan fingerprint density at radius 2 is 1.71 bits per heavy atom. The second kappa shape index (κ2) is 5.96. The number of ether oxygens (including phenoxy) is 3. The molecule has 3 aliphatic heterocycles. The van der Waals surface area contributed by atoms with Gasteiger partial charge in [-0.1, -0.05) is 13.8 Å². The Balaban J connectivity index is 1.43. The number of hydrogen-bond donors (Lipinski definition) is 5. The van der Waals surface area contributed by atoms with Gasteiger partial charge in [-0.2, -0.15) is 0 Å². The Labute approximate surface area is 201 Å². The van der Waals surface area contributed by atoms with Gasteiger partial charge < -0.3 is 44.2 Å². The molecule has 14 atom stereocenters. The lowest BCUT2D eigenvalue weighted by molar-refractivity contribution is -0.297. The minimum atomic E-state index is -2.29. The molecule has 0 bridgehead atoms. The average molecular weight is 493 g/mol. The first-order valence-corrected chi connectivity index (χ1v) is 12.3. The molecule has 3 saturated carbocycles. The summed E-state index contributed by atoms with van der Waals surface area (Å²) in [5.41, 5.74) is -8.44. The van der Waals surface area contributed by atoms with Crippen molar-refractivity contribution in [3.8, 4) is 0 Å². The summed E-state index contributed by atoms with van der Waals surface area (Å²) in [6, 6.07) is 1.85. The molecule has 0 unspecified atom stereocenters. The van der Waals surface area contributed by atoms with E-state index in [1.54, 1.807) is 26.4 Å². The van der Waals surface area contributed by atoms with Gasteiger partial charge in [0.05, 0.1) is 43.0 Å². The number of hydrogen-bond acceptors (Lipinski definition) is 10. The summed E-state index contributed by atoms with van der Waals surface area (Å²) in [5, 5.41) is 58.6. The van der Waals surface area contributed by atoms with Crippen molar-refractivity contribution < 1.29 is 49.0 Å². The van der Waals surface area contributed by atoms with Crippen LogP contribution in [0.3, 0.4) is 0 Å². The molecule has 3 aliphatic carbocycles. The highest BCUT2D eigenvalue weighted by molar-refractivity contribution is 5.81. The largest absolute Gasteiger partial charge is 0.472 e. The zero-order valence-electron chi connectivity index (χ0n) is 20.0. The molecule has 4 heterocycles. The number of aliphatic hydroxyl groups is 5. The van der Waals surface area contributed by atoms with E-state index < -0.39 is 75.6 Å². The van der Waals surface area contributed by atoms with Gasteiger partial charge in [-0.05, 0) is 31.9 Å². The van der Waals surface area contributed by atoms with Crippen LogP contribution in [0.5, 0.6) is 0 Å². The number of aliphatic hydroxyl groups excluding tert-OH is 3. The molecule has 1 aromatic rings. The monoisotopic (exact) mass is 492 g/mol. The van der Waals surface area contributed by atoms with Gasteiger partial charge in [0, 0.05) is 29.1 Å². The predicted octanol–water partition coefficient (Wildman–Crippen LogP) is -0.402. The van der Waals surface area contributed by atoms with E-state index in [2.05, 4.69) is 0 Å². The van der Waals surface area contributed by atoms with E-state index in [9.17, 15) is 30.3 Å². The second-order valence-electron chi connectivity index (χ2n) is 12.4. The lowest BCUT2D eigenvalue weighted by Gasteiger charge is -2.63. The highest BCUT2D eigenvalue weighted by Gasteiger charge is 2.93. The Bertz CT molecular complexity index is 1120. The molecule has 7 rings (SSSR count). The zero-order chi connectivity index (χ0) is 25.1. The van der Waals surface area contributed by atoms with Gasteiger partial charge in [-0.15, -0.1) is 0 Å². The Morgan fingerprint density at radius 3 is 2.37 bits per heavy atom. The number of fused-ring (bicyclic) bond motifs is 5. The van der Waals surface area contributed by atoms with Crippen LogP contribution in [0.4, 0.5) is 0 Å². The summed E-state index contributed by atoms with van der Waals surface area (Å²) in [6.45, 7) is 6.58. The third-order valence-corrected chi connectivity index (χ3v) is 11.5. The van der Waals surface area contributed by atoms with Crippen LogP contribution in [0.1, 0.15) is 52.0 Å². The molecule has 10 nitrogen and oxygen atoms in total. The maximum atomic E-state index is 12.6. The van der Waals surface area contributed by atoms with Crippen molar-refractivity contribution in [1.82, 2.24) is 0 Å². The fourth-order valence-corrected chi connectivity index (χ4v) is 9.80. The third kappa shape index (κ3) is 1.91. The minimum Gasteiger partial charge on any atom is -0.472 e. The van der Waals surface area contributed by atoms with E-state index in [-0.39, 0.29) is 18.4 Å². The van der Waals surface area contributed by atoms with Gasteiger partial charge in [0.15, 0.2) is 17.3 Å². The molecule has 1 spiro atoms. The standard InChI is InChI=1S/C25H32O10/c1-20-11(10-5-6-32-9-10)7-14-25(20,34-14)22(3,30)16-15(17(20)27)33-13-8-12(26)23(4)24(31,21(13,16)2)18(28)19(29)35-23/h5-6,9,11-18,26-28,30-31H,7-8H2,1-4H3/t11-,12+,13-,14+,15-,16+,17-,18-,20+,21+,22+,23-,24-,25+/m0/s1. The molecule has 0 radical (unpaired) electrons. The Hall–Kier alpha value is -1.53. The molecule has 1 aromatic heterocycles. The van der Waals surface area contributed by atoms with Crippen molar-refractivity contribution in [1.29, 1.82) is 0 Å². The summed E-state index contributed by atoms with van der Waals surface area (Å²) in [7, 11) is 0. The molecule has 0 amide bonds. The first-order chi connectivity index (χ1) is 16.2. The Kier molecular flexibility index (Phi) is 3.86. The molecule has 3 saturated heterocycles. The van der Waals surface area contributed by atoms with Gasteiger partial charge in [0.2, 0.25) is 0 Å². The van der Waals surface area contributed by atoms with Gasteiger partial charge >= 0.3 is 5.97 Å². The number of esters is 1. The fourth-order valence-electron chi connectivity index (χ4n) is 9.80. The maximum absolute atomic E-state index is 12.6. The molecule has 6 aliphatic rings. The van der Waals surface area contributed by atoms with Crippen LogP contribution < -0.4 is 0 Å². The van der Waals surface area contributed by atoms with Crippen molar-refractivity contribution in [2.75, 3.05) is 0 Å². The van der Waals surface area contributed by atoms with E-state index in [0.29, 0.717) is 6.42 Å². The second-order valence-corrected chi connectivity index (χ2v) is 12.4. The number of carbonyl (C=O) groups is 1. The first kappa shape index (κ1) is 22.7. The number of furan rings is 1. The highest BCUT2D eigenvalue weighted by Crippen LogP contribution is 2.79. The van der Waals surface area contributed by atoms with Gasteiger partial charge in [0.1, 0.15) is 11.2 Å². The average Bonchev–Trinajstić information content (AvgIpc) is 3.06. The molecular weight excluding hydrogens is 460 g/mol. The number of carbonyl (C=O) groups excluding carboxylic acids is 1. The van der Waals surface area contributed by atoms with E-state index in [0.717, 1.165) is 5.56 Å². The fraction of sp³-hybridized carbons (Fsp3) is 0.800. The normalized spacial score (nSPS) is 64.1. The molecule has 10 heteroatoms. The molecule has 0 aromatic carbocycles. The van der Waals surface area contributed by atoms with Gasteiger partial charge in [-0.3, -0.25) is 0 Å². The maximum Gasteiger partial charge on any atom is 0.338 e. The van der Waals surface area contributed by atoms with Crippen molar-refractivity contribution in [2.24, 2.45) is 16.7 Å². The minimum absolute atomic E-state index is 0.00965. The van der Waals surface area contributed by atoms with E-state index >= 15 is 0 Å². The lowest BCUT2D eigenvalue weighted by Crippen LogP contribution is -2.80. The van der Waals surface area contributed by atoms with E-state index in [4.69, 9.17) is 18.6 Å². The third-order valence-electron chi connectivity index (χ3n) is 11.5. The SMILES string of the molecule is C[C@]12[C@H](C[C@@H](O)[C@]3(C)OC(=O)[C@H](O)[C@]13O)O[C@H]1[C@H]2[C@@](C)(O)[C@@]23O[C@@H]2C[C@@H](c2ccoc2)[C@]3(C)[C@H]1O. The van der Waals surface area contributed by atoms with Gasteiger partial charge in [0.25, 0.3) is 0 Å². The van der Waals surface area contributed by atoms with Crippen LogP contribution in [-0.2, 0) is 19.0 Å². The highest BCUT2D eigenvalue weighted by atomic mass is 16.6. The predicted molar refractivity (Wildman–Crippen MR) is 115 cm³/mol. The van der Waals surface area contributed by atoms with E-state index in [1.807, 2.05) is 13.0 Å². The molecular formula is C25H32O10. The van der Waals surface area contributed by atoms with Gasteiger partial charge in [-0.25, -0.2) is 4.79 Å². The number of epoxide rings is 1. The molecule has 6 fully saturated rings. The molecule has 5 N–H and O–H groups in total. The summed E-state index contributed by atoms with van der Waals surface area (Å²) >= 11 is 0. The van der Waals surface area contributed by atoms with Crippen molar-refractivity contribution in [3.63, 3.8) is 0 Å². The summed E-state index contributed by atoms with van der Waals surface area (Å²) < 4.78 is 23.4. The first-order valence-electron chi connectivity index (χ1n) is 12.3. The van der Waals surface area contributed by atoms with Crippen LogP contribution in [0.2, 0.25) is 0 Å². The summed E-state index contributed by atoms with van der Waals surface area (Å²) in [5.74, 6) is -2.17. The molecule has 192 valence electrons. The van der Waals surface area contributed by atoms with Crippen LogP contribution in [-0.4, -0.2) is 90.5 Å². The number of rotatable bonds is 1. The summed E-state index contributed by atoms with van der Waals surface area (Å²) in [6.07, 6.45) is -2.83. The van der Waals surface area contributed by atoms with Crippen LogP contribution in [0.25, 0.3) is 0 Å². The quantitative estimate of drug-likeness (QED) is 0.257. The zero-order valence-corrected chi connectivity index (χ0v) is 20.0. The van der Waals surface area contributed by atoms with Crippen molar-refractivity contribution >= 4 is 5.97 Å².